The van der Waals surface area contributed by atoms with Crippen LogP contribution in [0, 0.1) is 6.92 Å². The number of amides is 3. The average Bonchev–Trinajstić information content (AvgIpc) is 2.75. The van der Waals surface area contributed by atoms with E-state index >= 15 is 0 Å². The third-order valence-corrected chi connectivity index (χ3v) is 3.04. The normalized spacial score (nSPS) is 11.5. The standard InChI is InChI=1S/C11H14N2O4S/c1-6-4-5-8(18-6)10(15)17-7(2)9(14)13-11(16)12-3/h4-5,7H,1-3H3,(H2,12,13,14,16). The van der Waals surface area contributed by atoms with E-state index in [-0.39, 0.29) is 0 Å². The number of thiophene rings is 1. The second-order valence-corrected chi connectivity index (χ2v) is 4.81. The zero-order valence-electron chi connectivity index (χ0n) is 10.3. The minimum absolute atomic E-state index is 0.423. The second-order valence-electron chi connectivity index (χ2n) is 3.53. The Labute approximate surface area is 108 Å². The number of aryl methyl sites for hydroxylation is 1. The first-order valence-corrected chi connectivity index (χ1v) is 6.05. The molecule has 1 atom stereocenters. The van der Waals surface area contributed by atoms with Crippen LogP contribution >= 0.6 is 11.3 Å². The zero-order valence-corrected chi connectivity index (χ0v) is 11.1. The summed E-state index contributed by atoms with van der Waals surface area (Å²) in [4.78, 5) is 35.4. The largest absolute Gasteiger partial charge is 0.448 e. The van der Waals surface area contributed by atoms with Gasteiger partial charge in [0.1, 0.15) is 4.88 Å². The lowest BCUT2D eigenvalue weighted by molar-refractivity contribution is -0.127. The topological polar surface area (TPSA) is 84.5 Å². The molecule has 6 nitrogen and oxygen atoms in total. The lowest BCUT2D eigenvalue weighted by Gasteiger charge is -2.11. The van der Waals surface area contributed by atoms with Crippen LogP contribution in [0.15, 0.2) is 12.1 Å². The van der Waals surface area contributed by atoms with Crippen LogP contribution in [-0.2, 0) is 9.53 Å². The molecule has 0 radical (unpaired) electrons. The second kappa shape index (κ2) is 6.15. The van der Waals surface area contributed by atoms with E-state index in [1.807, 2.05) is 12.2 Å². The maximum Gasteiger partial charge on any atom is 0.349 e. The van der Waals surface area contributed by atoms with E-state index in [0.717, 1.165) is 4.88 Å². The fourth-order valence-corrected chi connectivity index (χ4v) is 1.84. The van der Waals surface area contributed by atoms with Crippen molar-refractivity contribution in [2.24, 2.45) is 0 Å². The zero-order chi connectivity index (χ0) is 13.7. The SMILES string of the molecule is CNC(=O)NC(=O)C(C)OC(=O)c1ccc(C)s1. The van der Waals surface area contributed by atoms with Crippen LogP contribution in [0.2, 0.25) is 0 Å². The van der Waals surface area contributed by atoms with Gasteiger partial charge in [0.2, 0.25) is 0 Å². The van der Waals surface area contributed by atoms with Crippen molar-refractivity contribution in [3.63, 3.8) is 0 Å². The molecule has 1 unspecified atom stereocenters. The Morgan fingerprint density at radius 3 is 2.50 bits per heavy atom. The van der Waals surface area contributed by atoms with Gasteiger partial charge in [0.05, 0.1) is 0 Å². The summed E-state index contributed by atoms with van der Waals surface area (Å²) >= 11 is 1.28. The highest BCUT2D eigenvalue weighted by Crippen LogP contribution is 2.16. The highest BCUT2D eigenvalue weighted by molar-refractivity contribution is 7.13. The summed E-state index contributed by atoms with van der Waals surface area (Å²) in [5, 5.41) is 4.26. The summed E-state index contributed by atoms with van der Waals surface area (Å²) in [7, 11) is 1.38. The Morgan fingerprint density at radius 2 is 2.00 bits per heavy atom. The van der Waals surface area contributed by atoms with E-state index in [1.54, 1.807) is 12.1 Å². The molecule has 0 aliphatic heterocycles. The summed E-state index contributed by atoms with van der Waals surface area (Å²) < 4.78 is 4.94. The van der Waals surface area contributed by atoms with Crippen molar-refractivity contribution in [1.29, 1.82) is 0 Å². The molecule has 0 aliphatic carbocycles. The molecule has 0 fully saturated rings. The predicted molar refractivity (Wildman–Crippen MR) is 66.5 cm³/mol. The van der Waals surface area contributed by atoms with Crippen LogP contribution in [0.25, 0.3) is 0 Å². The van der Waals surface area contributed by atoms with E-state index < -0.39 is 24.0 Å². The van der Waals surface area contributed by atoms with Gasteiger partial charge in [0.25, 0.3) is 5.91 Å². The van der Waals surface area contributed by atoms with Gasteiger partial charge in [-0.3, -0.25) is 10.1 Å². The summed E-state index contributed by atoms with van der Waals surface area (Å²) in [5.74, 6) is -1.25. The van der Waals surface area contributed by atoms with Crippen LogP contribution in [0.1, 0.15) is 21.5 Å². The number of hydrogen-bond donors (Lipinski definition) is 2. The Balaban J connectivity index is 2.54. The van der Waals surface area contributed by atoms with Crippen molar-refractivity contribution < 1.29 is 19.1 Å². The molecule has 2 N–H and O–H groups in total. The minimum Gasteiger partial charge on any atom is -0.448 e. The fraction of sp³-hybridized carbons (Fsp3) is 0.364. The van der Waals surface area contributed by atoms with E-state index in [1.165, 1.54) is 25.3 Å². The summed E-state index contributed by atoms with van der Waals surface area (Å²) in [6.45, 7) is 3.26. The molecule has 1 rings (SSSR count). The highest BCUT2D eigenvalue weighted by Gasteiger charge is 2.21. The molecule has 1 heterocycles. The summed E-state index contributed by atoms with van der Waals surface area (Å²) in [5.41, 5.74) is 0. The summed E-state index contributed by atoms with van der Waals surface area (Å²) in [6, 6.07) is 2.78. The van der Waals surface area contributed by atoms with Crippen molar-refractivity contribution in [1.82, 2.24) is 10.6 Å². The average molecular weight is 270 g/mol. The van der Waals surface area contributed by atoms with Crippen molar-refractivity contribution in [2.75, 3.05) is 7.05 Å². The lowest BCUT2D eigenvalue weighted by Crippen LogP contribution is -2.43. The molecule has 0 saturated carbocycles. The molecule has 0 spiro atoms. The molecule has 1 aromatic heterocycles. The van der Waals surface area contributed by atoms with Gasteiger partial charge in [-0.1, -0.05) is 0 Å². The smallest absolute Gasteiger partial charge is 0.349 e. The van der Waals surface area contributed by atoms with E-state index in [4.69, 9.17) is 4.74 Å². The van der Waals surface area contributed by atoms with Crippen molar-refractivity contribution >= 4 is 29.2 Å². The Morgan fingerprint density at radius 1 is 1.33 bits per heavy atom. The van der Waals surface area contributed by atoms with Crippen LogP contribution in [0.4, 0.5) is 4.79 Å². The van der Waals surface area contributed by atoms with Crippen LogP contribution in [0.5, 0.6) is 0 Å². The third kappa shape index (κ3) is 3.85. The van der Waals surface area contributed by atoms with Crippen molar-refractivity contribution in [3.05, 3.63) is 21.9 Å². The molecule has 0 bridgehead atoms. The predicted octanol–water partition coefficient (Wildman–Crippen LogP) is 1.06. The third-order valence-electron chi connectivity index (χ3n) is 2.06. The highest BCUT2D eigenvalue weighted by atomic mass is 32.1. The Bertz CT molecular complexity index is 469. The number of ether oxygens (including phenoxy) is 1. The van der Waals surface area contributed by atoms with Gasteiger partial charge >= 0.3 is 12.0 Å². The van der Waals surface area contributed by atoms with Gasteiger partial charge in [-0.2, -0.15) is 0 Å². The van der Waals surface area contributed by atoms with Crippen molar-refractivity contribution in [2.45, 2.75) is 20.0 Å². The lowest BCUT2D eigenvalue weighted by atomic mass is 10.3. The quantitative estimate of drug-likeness (QED) is 0.804. The van der Waals surface area contributed by atoms with Crippen molar-refractivity contribution in [3.8, 4) is 0 Å². The molecule has 1 aromatic rings. The van der Waals surface area contributed by atoms with Crippen LogP contribution in [0.3, 0.4) is 0 Å². The maximum atomic E-state index is 11.6. The molecule has 0 saturated heterocycles. The molecule has 18 heavy (non-hydrogen) atoms. The number of nitrogens with one attached hydrogen (secondary N) is 2. The fourth-order valence-electron chi connectivity index (χ4n) is 1.09. The van der Waals surface area contributed by atoms with E-state index in [2.05, 4.69) is 5.32 Å². The first-order chi connectivity index (χ1) is 8.43. The molecule has 7 heteroatoms. The number of carbonyl (C=O) groups excluding carboxylic acids is 3. The van der Waals surface area contributed by atoms with Gasteiger partial charge in [-0.25, -0.2) is 9.59 Å². The van der Waals surface area contributed by atoms with Gasteiger partial charge in [-0.15, -0.1) is 11.3 Å². The van der Waals surface area contributed by atoms with Gasteiger partial charge in [0.15, 0.2) is 6.10 Å². The van der Waals surface area contributed by atoms with E-state index in [9.17, 15) is 14.4 Å². The molecular weight excluding hydrogens is 256 g/mol. The number of rotatable bonds is 3. The monoisotopic (exact) mass is 270 g/mol. The van der Waals surface area contributed by atoms with Crippen LogP contribution < -0.4 is 10.6 Å². The number of hydrogen-bond acceptors (Lipinski definition) is 5. The molecule has 98 valence electrons. The Kier molecular flexibility index (Phi) is 4.85. The maximum absolute atomic E-state index is 11.6. The first kappa shape index (κ1) is 14.2. The number of esters is 1. The van der Waals surface area contributed by atoms with Gasteiger partial charge in [0, 0.05) is 11.9 Å². The molecule has 3 amide bonds. The number of carbonyl (C=O) groups is 3. The Hall–Kier alpha value is -1.89. The number of urea groups is 1. The van der Waals surface area contributed by atoms with Gasteiger partial charge in [-0.05, 0) is 26.0 Å². The summed E-state index contributed by atoms with van der Waals surface area (Å²) in [6.07, 6.45) is -1.03. The van der Waals surface area contributed by atoms with Crippen LogP contribution in [-0.4, -0.2) is 31.1 Å². The molecular formula is C11H14N2O4S. The molecule has 0 aliphatic rings. The minimum atomic E-state index is -1.03. The number of imide groups is 1. The van der Waals surface area contributed by atoms with E-state index in [0.29, 0.717) is 4.88 Å². The first-order valence-electron chi connectivity index (χ1n) is 5.24. The van der Waals surface area contributed by atoms with Gasteiger partial charge < -0.3 is 10.1 Å². The molecule has 0 aromatic carbocycles.